The first-order valence-corrected chi connectivity index (χ1v) is 16.7. The molecule has 3 aliphatic heterocycles. The number of hydrogen-bond acceptors (Lipinski definition) is 5. The Morgan fingerprint density at radius 2 is 1.43 bits per heavy atom. The predicted molar refractivity (Wildman–Crippen MR) is 186 cm³/mol. The summed E-state index contributed by atoms with van der Waals surface area (Å²) in [6.07, 6.45) is 6.29. The van der Waals surface area contributed by atoms with Crippen LogP contribution in [-0.4, -0.2) is 46.7 Å². The maximum Gasteiger partial charge on any atom is 0.352 e. The largest absolute Gasteiger partial charge is 0.352 e. The second-order valence-electron chi connectivity index (χ2n) is 14.1. The third kappa shape index (κ3) is 5.03. The number of hydrogen-bond donors (Lipinski definition) is 0. The Hall–Kier alpha value is -4.78. The van der Waals surface area contributed by atoms with Crippen LogP contribution in [0.3, 0.4) is 0 Å². The summed E-state index contributed by atoms with van der Waals surface area (Å²) in [5.41, 5.74) is 6.85. The summed E-state index contributed by atoms with van der Waals surface area (Å²) in [4.78, 5) is 44.9. The van der Waals surface area contributed by atoms with Crippen molar-refractivity contribution in [3.63, 3.8) is 0 Å². The van der Waals surface area contributed by atoms with E-state index in [9.17, 15) is 14.4 Å². The molecule has 0 aromatic heterocycles. The van der Waals surface area contributed by atoms with Crippen LogP contribution in [0.1, 0.15) is 77.3 Å². The summed E-state index contributed by atoms with van der Waals surface area (Å²) in [5.74, 6) is -1.58. The molecule has 7 heteroatoms. The van der Waals surface area contributed by atoms with Crippen molar-refractivity contribution in [3.8, 4) is 0 Å². The molecule has 3 aliphatic rings. The number of nitrogens with zero attached hydrogens (tertiary/aromatic N) is 3. The zero-order valence-corrected chi connectivity index (χ0v) is 27.9. The highest BCUT2D eigenvalue weighted by molar-refractivity contribution is 6.03. The molecule has 0 bridgehead atoms. The Kier molecular flexibility index (Phi) is 7.53. The normalized spacial score (nSPS) is 19.0. The summed E-state index contributed by atoms with van der Waals surface area (Å²) < 4.78 is 2.39. The highest BCUT2D eigenvalue weighted by atomic mass is 16.7. The predicted octanol–water partition coefficient (Wildman–Crippen LogP) is 7.85. The minimum absolute atomic E-state index is 0.0607. The summed E-state index contributed by atoms with van der Waals surface area (Å²) >= 11 is 0. The van der Waals surface area contributed by atoms with Crippen LogP contribution < -0.4 is 4.90 Å². The minimum atomic E-state index is -0.633. The van der Waals surface area contributed by atoms with Crippen LogP contribution in [0.5, 0.6) is 0 Å². The molecule has 0 N–H and O–H groups in total. The zero-order valence-electron chi connectivity index (χ0n) is 27.9. The van der Waals surface area contributed by atoms with Gasteiger partial charge in [-0.25, -0.2) is 9.37 Å². The van der Waals surface area contributed by atoms with Gasteiger partial charge in [-0.3, -0.25) is 9.59 Å². The molecule has 4 aromatic rings. The highest BCUT2D eigenvalue weighted by Gasteiger charge is 2.45. The summed E-state index contributed by atoms with van der Waals surface area (Å²) in [6, 6.07) is 25.6. The van der Waals surface area contributed by atoms with Gasteiger partial charge in [-0.05, 0) is 72.4 Å². The van der Waals surface area contributed by atoms with Crippen molar-refractivity contribution in [1.29, 1.82) is 0 Å². The zero-order chi connectivity index (χ0) is 33.1. The average molecular weight is 629 g/mol. The smallest absolute Gasteiger partial charge is 0.333 e. The van der Waals surface area contributed by atoms with Gasteiger partial charge in [-0.1, -0.05) is 74.5 Å². The number of imide groups is 1. The Morgan fingerprint density at radius 1 is 0.809 bits per heavy atom. The van der Waals surface area contributed by atoms with Crippen LogP contribution in [0.25, 0.3) is 21.5 Å². The quantitative estimate of drug-likeness (QED) is 0.113. The molecular formula is C40H42N3O4+. The minimum Gasteiger partial charge on any atom is -0.333 e. The number of benzene rings is 4. The van der Waals surface area contributed by atoms with E-state index < -0.39 is 17.8 Å². The van der Waals surface area contributed by atoms with Crippen LogP contribution in [0.2, 0.25) is 0 Å². The first-order valence-electron chi connectivity index (χ1n) is 16.7. The van der Waals surface area contributed by atoms with Crippen molar-refractivity contribution in [1.82, 2.24) is 5.06 Å². The Morgan fingerprint density at radius 3 is 2.11 bits per heavy atom. The molecule has 7 rings (SSSR count). The third-order valence-electron chi connectivity index (χ3n) is 10.5. The van der Waals surface area contributed by atoms with E-state index in [0.29, 0.717) is 5.06 Å². The van der Waals surface area contributed by atoms with E-state index in [1.165, 1.54) is 27.7 Å². The van der Waals surface area contributed by atoms with Crippen LogP contribution in [0.4, 0.5) is 11.4 Å². The van der Waals surface area contributed by atoms with Crippen molar-refractivity contribution in [2.45, 2.75) is 77.0 Å². The molecule has 47 heavy (non-hydrogen) atoms. The summed E-state index contributed by atoms with van der Waals surface area (Å²) in [6.45, 7) is 9.01. The average Bonchev–Trinajstić information content (AvgIpc) is 3.56. The van der Waals surface area contributed by atoms with Crippen LogP contribution in [-0.2, 0) is 30.1 Å². The number of amides is 2. The van der Waals surface area contributed by atoms with E-state index in [4.69, 9.17) is 4.84 Å². The van der Waals surface area contributed by atoms with Gasteiger partial charge in [0.15, 0.2) is 5.71 Å². The SMILES string of the molecule is C[N+]1=C(CCCCC=C2N(CC(=O)ON3C(=O)CCC3=O)c3ccc4ccccc4c3C2(C)C)C(C)(C)c2c1ccc1ccccc21. The van der Waals surface area contributed by atoms with Crippen LogP contribution >= 0.6 is 0 Å². The number of allylic oxidation sites excluding steroid dienone is 2. The van der Waals surface area contributed by atoms with Crippen molar-refractivity contribution in [2.24, 2.45) is 0 Å². The molecule has 4 aromatic carbocycles. The highest BCUT2D eigenvalue weighted by Crippen LogP contribution is 2.51. The molecular weight excluding hydrogens is 586 g/mol. The van der Waals surface area contributed by atoms with E-state index in [1.807, 2.05) is 17.0 Å². The molecule has 2 amide bonds. The third-order valence-corrected chi connectivity index (χ3v) is 10.5. The Labute approximate surface area is 276 Å². The molecule has 0 unspecified atom stereocenters. The molecule has 0 saturated carbocycles. The first-order chi connectivity index (χ1) is 22.5. The van der Waals surface area contributed by atoms with Gasteiger partial charge in [-0.15, -0.1) is 5.06 Å². The van der Waals surface area contributed by atoms with Gasteiger partial charge in [-0.2, -0.15) is 0 Å². The number of fused-ring (bicyclic) bond motifs is 6. The Bertz CT molecular complexity index is 2020. The van der Waals surface area contributed by atoms with Crippen LogP contribution in [0, 0.1) is 0 Å². The molecule has 1 saturated heterocycles. The number of unbranched alkanes of at least 4 members (excludes halogenated alkanes) is 2. The molecule has 0 aliphatic carbocycles. The summed E-state index contributed by atoms with van der Waals surface area (Å²) in [7, 11) is 2.20. The Balaban J connectivity index is 1.12. The van der Waals surface area contributed by atoms with Gasteiger partial charge in [0.2, 0.25) is 5.69 Å². The van der Waals surface area contributed by atoms with E-state index in [2.05, 4.69) is 106 Å². The van der Waals surface area contributed by atoms with Crippen molar-refractivity contribution in [3.05, 3.63) is 95.7 Å². The van der Waals surface area contributed by atoms with Crippen molar-refractivity contribution >= 4 is 56.4 Å². The fourth-order valence-electron chi connectivity index (χ4n) is 8.25. The second kappa shape index (κ2) is 11.5. The van der Waals surface area contributed by atoms with Gasteiger partial charge >= 0.3 is 5.97 Å². The molecule has 1 fully saturated rings. The topological polar surface area (TPSA) is 69.9 Å². The first kappa shape index (κ1) is 30.9. The van der Waals surface area contributed by atoms with Crippen LogP contribution in [0.15, 0.2) is 84.6 Å². The van der Waals surface area contributed by atoms with E-state index in [0.717, 1.165) is 53.4 Å². The number of rotatable bonds is 8. The van der Waals surface area contributed by atoms with Gasteiger partial charge in [0.25, 0.3) is 11.8 Å². The monoisotopic (exact) mass is 628 g/mol. The standard InChI is InChI=1S/C40H42N3O4/c1-39(2)32(41(5)30-21-19-26-13-9-11-15-28(26)37(30)39)17-7-6-8-18-33-40(3,4)38-29-16-12-10-14-27(29)20-22-31(38)42(33)25-36(46)47-43-34(44)23-24-35(43)45/h9-16,18-22H,6-8,17,23-25H2,1-5H3/q+1. The van der Waals surface area contributed by atoms with E-state index >= 15 is 0 Å². The van der Waals surface area contributed by atoms with Gasteiger partial charge in [0.1, 0.15) is 13.6 Å². The van der Waals surface area contributed by atoms with Gasteiger partial charge < -0.3 is 9.74 Å². The van der Waals surface area contributed by atoms with E-state index in [1.54, 1.807) is 0 Å². The molecule has 0 radical (unpaired) electrons. The number of carbonyl (C=O) groups is 3. The van der Waals surface area contributed by atoms with Crippen molar-refractivity contribution < 1.29 is 23.8 Å². The summed E-state index contributed by atoms with van der Waals surface area (Å²) in [5, 5.41) is 5.53. The number of hydroxylamine groups is 2. The number of anilines is 1. The molecule has 240 valence electrons. The van der Waals surface area contributed by atoms with E-state index in [-0.39, 0.29) is 30.2 Å². The maximum absolute atomic E-state index is 13.2. The molecule has 7 nitrogen and oxygen atoms in total. The lowest BCUT2D eigenvalue weighted by atomic mass is 9.77. The second-order valence-corrected chi connectivity index (χ2v) is 14.1. The maximum atomic E-state index is 13.2. The van der Waals surface area contributed by atoms with Gasteiger partial charge in [0, 0.05) is 47.7 Å². The fraction of sp³-hybridized carbons (Fsp3) is 0.350. The van der Waals surface area contributed by atoms with Gasteiger partial charge in [0.05, 0.1) is 5.41 Å². The fourth-order valence-corrected chi connectivity index (χ4v) is 8.25. The lowest BCUT2D eigenvalue weighted by molar-refractivity contribution is -0.404. The van der Waals surface area contributed by atoms with Crippen molar-refractivity contribution in [2.75, 3.05) is 18.5 Å². The molecule has 0 spiro atoms. The molecule has 0 atom stereocenters. The molecule has 3 heterocycles. The number of carbonyl (C=O) groups excluding carboxylic acids is 3. The lowest BCUT2D eigenvalue weighted by Crippen LogP contribution is -2.38. The lowest BCUT2D eigenvalue weighted by Gasteiger charge is -2.27.